The van der Waals surface area contributed by atoms with Crippen molar-refractivity contribution in [3.8, 4) is 0 Å². The number of aromatic amines is 1. The van der Waals surface area contributed by atoms with Gasteiger partial charge in [0.2, 0.25) is 17.7 Å². The minimum atomic E-state index is -1.27. The third-order valence-corrected chi connectivity index (χ3v) is 4.61. The van der Waals surface area contributed by atoms with Crippen molar-refractivity contribution in [3.63, 3.8) is 0 Å². The molecule has 0 bridgehead atoms. The maximum absolute atomic E-state index is 12.8. The van der Waals surface area contributed by atoms with Gasteiger partial charge in [-0.25, -0.2) is 4.98 Å². The van der Waals surface area contributed by atoms with E-state index < -0.39 is 60.8 Å². The summed E-state index contributed by atoms with van der Waals surface area (Å²) in [6, 6.07) is -3.40. The van der Waals surface area contributed by atoms with Crippen molar-refractivity contribution in [2.45, 2.75) is 56.7 Å². The molecule has 10 N–H and O–H groups in total. The first-order valence-corrected chi connectivity index (χ1v) is 10.4. The van der Waals surface area contributed by atoms with Crippen LogP contribution in [0.1, 0.15) is 37.8 Å². The van der Waals surface area contributed by atoms with E-state index in [2.05, 4.69) is 25.9 Å². The van der Waals surface area contributed by atoms with Crippen LogP contribution in [-0.4, -0.2) is 81.1 Å². The van der Waals surface area contributed by atoms with Crippen molar-refractivity contribution in [1.29, 1.82) is 0 Å². The molecule has 184 valence electrons. The fraction of sp³-hybridized carbons (Fsp3) is 0.579. The van der Waals surface area contributed by atoms with E-state index in [1.165, 1.54) is 12.5 Å². The van der Waals surface area contributed by atoms with Crippen molar-refractivity contribution in [2.75, 3.05) is 13.1 Å². The molecule has 1 aromatic rings. The third kappa shape index (κ3) is 11.1. The minimum Gasteiger partial charge on any atom is -0.481 e. The molecular weight excluding hydrogens is 438 g/mol. The number of nitrogens with two attached hydrogens (primary N) is 2. The molecule has 0 aliphatic carbocycles. The summed E-state index contributed by atoms with van der Waals surface area (Å²) >= 11 is 0. The first kappa shape index (κ1) is 27.5. The Morgan fingerprint density at radius 2 is 1.64 bits per heavy atom. The lowest BCUT2D eigenvalue weighted by molar-refractivity contribution is -0.138. The number of nitrogens with zero attached hydrogens (tertiary/aromatic N) is 1. The van der Waals surface area contributed by atoms with Gasteiger partial charge in [0.1, 0.15) is 18.6 Å². The quantitative estimate of drug-likeness (QED) is 0.118. The van der Waals surface area contributed by atoms with Gasteiger partial charge in [-0.1, -0.05) is 0 Å². The molecule has 3 atom stereocenters. The number of carboxylic acids is 2. The highest BCUT2D eigenvalue weighted by molar-refractivity contribution is 5.93. The van der Waals surface area contributed by atoms with E-state index in [1.54, 1.807) is 0 Å². The molecule has 0 fully saturated rings. The summed E-state index contributed by atoms with van der Waals surface area (Å²) < 4.78 is 0. The Labute approximate surface area is 189 Å². The van der Waals surface area contributed by atoms with Crippen LogP contribution in [0.15, 0.2) is 12.5 Å². The zero-order valence-corrected chi connectivity index (χ0v) is 18.1. The van der Waals surface area contributed by atoms with Crippen LogP contribution in [0.25, 0.3) is 0 Å². The molecule has 1 heterocycles. The summed E-state index contributed by atoms with van der Waals surface area (Å²) in [5, 5.41) is 24.8. The second-order valence-corrected chi connectivity index (χ2v) is 7.34. The maximum atomic E-state index is 12.8. The second-order valence-electron chi connectivity index (χ2n) is 7.34. The normalized spacial score (nSPS) is 13.4. The lowest BCUT2D eigenvalue weighted by Crippen LogP contribution is -2.56. The number of aromatic nitrogens is 2. The van der Waals surface area contributed by atoms with Crippen LogP contribution in [0, 0.1) is 0 Å². The SMILES string of the molecule is NCCCCC(NC(=O)C(CCC(=O)O)NC(=O)C(N)Cc1cnc[nH]1)C(=O)NCC(=O)O. The molecule has 0 saturated carbocycles. The highest BCUT2D eigenvalue weighted by atomic mass is 16.4. The molecule has 14 heteroatoms. The van der Waals surface area contributed by atoms with Gasteiger partial charge in [-0.3, -0.25) is 24.0 Å². The highest BCUT2D eigenvalue weighted by Gasteiger charge is 2.28. The molecule has 0 aliphatic rings. The maximum Gasteiger partial charge on any atom is 0.322 e. The van der Waals surface area contributed by atoms with Crippen molar-refractivity contribution in [3.05, 3.63) is 18.2 Å². The van der Waals surface area contributed by atoms with Gasteiger partial charge in [0.05, 0.1) is 12.4 Å². The predicted octanol–water partition coefficient (Wildman–Crippen LogP) is -2.56. The fourth-order valence-corrected chi connectivity index (χ4v) is 2.86. The van der Waals surface area contributed by atoms with Gasteiger partial charge in [-0.15, -0.1) is 0 Å². The molecule has 0 aliphatic heterocycles. The topological polar surface area (TPSA) is 243 Å². The van der Waals surface area contributed by atoms with Crippen LogP contribution < -0.4 is 27.4 Å². The number of carbonyl (C=O) groups is 5. The van der Waals surface area contributed by atoms with Gasteiger partial charge in [0.25, 0.3) is 0 Å². The Morgan fingerprint density at radius 1 is 0.970 bits per heavy atom. The molecule has 33 heavy (non-hydrogen) atoms. The third-order valence-electron chi connectivity index (χ3n) is 4.61. The number of aliphatic carboxylic acids is 2. The Balaban J connectivity index is 2.86. The number of imidazole rings is 1. The smallest absolute Gasteiger partial charge is 0.322 e. The lowest BCUT2D eigenvalue weighted by atomic mass is 10.1. The monoisotopic (exact) mass is 469 g/mol. The van der Waals surface area contributed by atoms with Crippen LogP contribution in [0.2, 0.25) is 0 Å². The van der Waals surface area contributed by atoms with Gasteiger partial charge in [-0.2, -0.15) is 0 Å². The Morgan fingerprint density at radius 3 is 2.21 bits per heavy atom. The number of nitrogens with one attached hydrogen (secondary N) is 4. The number of carbonyl (C=O) groups excluding carboxylic acids is 3. The lowest BCUT2D eigenvalue weighted by Gasteiger charge is -2.24. The van der Waals surface area contributed by atoms with Gasteiger partial charge in [0, 0.05) is 24.7 Å². The zero-order valence-electron chi connectivity index (χ0n) is 18.1. The van der Waals surface area contributed by atoms with Crippen molar-refractivity contribution in [2.24, 2.45) is 11.5 Å². The Bertz CT molecular complexity index is 800. The van der Waals surface area contributed by atoms with Crippen LogP contribution in [0.3, 0.4) is 0 Å². The molecule has 0 radical (unpaired) electrons. The second kappa shape index (κ2) is 14.5. The fourth-order valence-electron chi connectivity index (χ4n) is 2.86. The van der Waals surface area contributed by atoms with Crippen LogP contribution >= 0.6 is 0 Å². The molecule has 0 aromatic carbocycles. The largest absolute Gasteiger partial charge is 0.481 e. The Hall–Kier alpha value is -3.52. The molecule has 1 aromatic heterocycles. The van der Waals surface area contributed by atoms with Crippen molar-refractivity contribution < 1.29 is 34.2 Å². The molecule has 0 spiro atoms. The molecule has 14 nitrogen and oxygen atoms in total. The number of amides is 3. The predicted molar refractivity (Wildman–Crippen MR) is 115 cm³/mol. The number of rotatable bonds is 16. The van der Waals surface area contributed by atoms with Crippen LogP contribution in [-0.2, 0) is 30.4 Å². The van der Waals surface area contributed by atoms with Crippen LogP contribution in [0.4, 0.5) is 0 Å². The molecular formula is C19H31N7O7. The number of carboxylic acid groups (broad SMARTS) is 2. The first-order chi connectivity index (χ1) is 15.6. The average molecular weight is 469 g/mol. The molecule has 1 rings (SSSR count). The molecule has 3 unspecified atom stereocenters. The summed E-state index contributed by atoms with van der Waals surface area (Å²) in [6.45, 7) is -0.271. The van der Waals surface area contributed by atoms with E-state index in [4.69, 9.17) is 21.7 Å². The van der Waals surface area contributed by atoms with Crippen molar-refractivity contribution in [1.82, 2.24) is 25.9 Å². The van der Waals surface area contributed by atoms with E-state index in [1.807, 2.05) is 0 Å². The summed E-state index contributed by atoms with van der Waals surface area (Å²) in [5.74, 6) is -4.63. The van der Waals surface area contributed by atoms with E-state index in [0.717, 1.165) is 0 Å². The average Bonchev–Trinajstić information content (AvgIpc) is 3.26. The number of hydrogen-bond donors (Lipinski definition) is 8. The van der Waals surface area contributed by atoms with Crippen LogP contribution in [0.5, 0.6) is 0 Å². The number of hydrogen-bond acceptors (Lipinski definition) is 8. The summed E-state index contributed by atoms with van der Waals surface area (Å²) in [5.41, 5.74) is 11.9. The molecule has 0 saturated heterocycles. The zero-order chi connectivity index (χ0) is 24.8. The standard InChI is InChI=1S/C19H31N7O7/c20-6-2-1-3-13(18(32)23-9-16(29)30)26-19(33)14(4-5-15(27)28)25-17(31)12(21)7-11-8-22-10-24-11/h8,10,12-14H,1-7,9,20-21H2,(H,22,24)(H,23,32)(H,25,31)(H,26,33)(H,27,28)(H,29,30). The van der Waals surface area contributed by atoms with Gasteiger partial charge in [0.15, 0.2) is 0 Å². The molecule has 3 amide bonds. The van der Waals surface area contributed by atoms with Gasteiger partial charge >= 0.3 is 11.9 Å². The van der Waals surface area contributed by atoms with E-state index in [0.29, 0.717) is 25.1 Å². The number of H-pyrrole nitrogens is 1. The van der Waals surface area contributed by atoms with E-state index in [9.17, 15) is 24.0 Å². The minimum absolute atomic E-state index is 0.110. The van der Waals surface area contributed by atoms with E-state index >= 15 is 0 Å². The summed E-state index contributed by atoms with van der Waals surface area (Å²) in [7, 11) is 0. The number of unbranched alkanes of at least 4 members (excludes halogenated alkanes) is 1. The highest BCUT2D eigenvalue weighted by Crippen LogP contribution is 2.05. The van der Waals surface area contributed by atoms with Crippen molar-refractivity contribution >= 4 is 29.7 Å². The summed E-state index contributed by atoms with van der Waals surface area (Å²) in [4.78, 5) is 66.0. The van der Waals surface area contributed by atoms with Gasteiger partial charge < -0.3 is 42.6 Å². The first-order valence-electron chi connectivity index (χ1n) is 10.4. The van der Waals surface area contributed by atoms with Gasteiger partial charge in [-0.05, 0) is 32.2 Å². The Kier molecular flexibility index (Phi) is 12.1. The van der Waals surface area contributed by atoms with E-state index in [-0.39, 0.29) is 19.3 Å². The summed E-state index contributed by atoms with van der Waals surface area (Å²) in [6.07, 6.45) is 3.58.